The van der Waals surface area contributed by atoms with Gasteiger partial charge < -0.3 is 10.8 Å². The first-order valence-electron chi connectivity index (χ1n) is 6.50. The first kappa shape index (κ1) is 21.9. The molecule has 18 heavy (non-hydrogen) atoms. The number of benzene rings is 1. The highest BCUT2D eigenvalue weighted by Crippen LogP contribution is 2.01. The average molecular weight is 255 g/mol. The molecule has 3 N–H and O–H groups in total. The standard InChI is InChI=1S/C9H12O.C2H5NO.2C2H6/c1-8(10)7-9-5-3-2-4-6-9;1-2(3)4;2*1-2/h2-6,8,10H,7H2,1H3;1H3,(H2,3,4);2*1-2H3/t8-;;;/m0.../s1. The third-order valence-electron chi connectivity index (χ3n) is 1.37. The van der Waals surface area contributed by atoms with Crippen LogP contribution in [0.2, 0.25) is 0 Å². The van der Waals surface area contributed by atoms with Crippen LogP contribution in [-0.2, 0) is 11.2 Å². The van der Waals surface area contributed by atoms with Crippen LogP contribution in [0.15, 0.2) is 30.3 Å². The van der Waals surface area contributed by atoms with Crippen molar-refractivity contribution in [2.45, 2.75) is 54.1 Å². The molecule has 1 rings (SSSR count). The Hall–Kier alpha value is -1.35. The van der Waals surface area contributed by atoms with Gasteiger partial charge in [0, 0.05) is 6.92 Å². The molecule has 106 valence electrons. The summed E-state index contributed by atoms with van der Waals surface area (Å²) in [5, 5.41) is 9.01. The Morgan fingerprint density at radius 3 is 1.78 bits per heavy atom. The number of carbonyl (C=O) groups is 1. The lowest BCUT2D eigenvalue weighted by Gasteiger charge is -2.01. The maximum Gasteiger partial charge on any atom is 0.214 e. The zero-order chi connectivity index (χ0) is 15.0. The number of carbonyl (C=O) groups excluding carboxylic acids is 1. The summed E-state index contributed by atoms with van der Waals surface area (Å²) in [6.07, 6.45) is 0.517. The van der Waals surface area contributed by atoms with Crippen LogP contribution in [0.5, 0.6) is 0 Å². The van der Waals surface area contributed by atoms with Gasteiger partial charge in [0.25, 0.3) is 0 Å². The van der Waals surface area contributed by atoms with Crippen LogP contribution < -0.4 is 5.73 Å². The SMILES string of the molecule is CC.CC.CC(N)=O.C[C@H](O)Cc1ccccc1. The van der Waals surface area contributed by atoms with Crippen molar-refractivity contribution >= 4 is 5.91 Å². The maximum atomic E-state index is 9.22. The van der Waals surface area contributed by atoms with Crippen molar-refractivity contribution < 1.29 is 9.90 Å². The molecular weight excluding hydrogens is 226 g/mol. The minimum atomic E-state index is -0.333. The van der Waals surface area contributed by atoms with E-state index in [2.05, 4.69) is 5.73 Å². The number of hydrogen-bond donors (Lipinski definition) is 2. The highest BCUT2D eigenvalue weighted by Gasteiger charge is 1.95. The van der Waals surface area contributed by atoms with Gasteiger partial charge in [-0.1, -0.05) is 58.0 Å². The number of aliphatic hydroxyl groups excluding tert-OH is 1. The van der Waals surface area contributed by atoms with Gasteiger partial charge in [0.15, 0.2) is 0 Å². The van der Waals surface area contributed by atoms with E-state index in [1.807, 2.05) is 58.0 Å². The summed E-state index contributed by atoms with van der Waals surface area (Å²) in [4.78, 5) is 9.22. The Morgan fingerprint density at radius 2 is 1.50 bits per heavy atom. The highest BCUT2D eigenvalue weighted by atomic mass is 16.3. The van der Waals surface area contributed by atoms with Crippen LogP contribution in [0, 0.1) is 0 Å². The van der Waals surface area contributed by atoms with Gasteiger partial charge in [-0.25, -0.2) is 0 Å². The second-order valence-electron chi connectivity index (χ2n) is 3.15. The Bertz CT molecular complexity index is 254. The molecule has 1 aromatic carbocycles. The Balaban J connectivity index is -0.000000238. The molecule has 3 nitrogen and oxygen atoms in total. The van der Waals surface area contributed by atoms with Crippen LogP contribution in [0.3, 0.4) is 0 Å². The molecule has 0 spiro atoms. The third-order valence-corrected chi connectivity index (χ3v) is 1.37. The van der Waals surface area contributed by atoms with Crippen molar-refractivity contribution in [3.63, 3.8) is 0 Å². The van der Waals surface area contributed by atoms with E-state index in [4.69, 9.17) is 5.11 Å². The van der Waals surface area contributed by atoms with E-state index >= 15 is 0 Å². The van der Waals surface area contributed by atoms with Gasteiger partial charge in [0.1, 0.15) is 0 Å². The van der Waals surface area contributed by atoms with Crippen LogP contribution in [0.25, 0.3) is 0 Å². The van der Waals surface area contributed by atoms with Crippen molar-refractivity contribution in [1.82, 2.24) is 0 Å². The van der Waals surface area contributed by atoms with Gasteiger partial charge >= 0.3 is 0 Å². The lowest BCUT2D eigenvalue weighted by Crippen LogP contribution is -2.03. The van der Waals surface area contributed by atoms with E-state index in [-0.39, 0.29) is 12.0 Å². The topological polar surface area (TPSA) is 63.3 Å². The first-order chi connectivity index (χ1) is 8.52. The van der Waals surface area contributed by atoms with Crippen LogP contribution in [0.1, 0.15) is 47.1 Å². The van der Waals surface area contributed by atoms with Gasteiger partial charge in [-0.2, -0.15) is 0 Å². The van der Waals surface area contributed by atoms with Crippen molar-refractivity contribution in [3.05, 3.63) is 35.9 Å². The fourth-order valence-corrected chi connectivity index (χ4v) is 0.955. The summed E-state index contributed by atoms with van der Waals surface area (Å²) in [7, 11) is 0. The molecule has 0 unspecified atom stereocenters. The van der Waals surface area contributed by atoms with Crippen molar-refractivity contribution in [3.8, 4) is 0 Å². The fraction of sp³-hybridized carbons (Fsp3) is 0.533. The molecule has 3 heteroatoms. The van der Waals surface area contributed by atoms with Crippen LogP contribution in [-0.4, -0.2) is 17.1 Å². The highest BCUT2D eigenvalue weighted by molar-refractivity contribution is 5.70. The van der Waals surface area contributed by atoms with Crippen molar-refractivity contribution in [2.24, 2.45) is 5.73 Å². The van der Waals surface area contributed by atoms with Crippen LogP contribution >= 0.6 is 0 Å². The molecule has 0 heterocycles. The molecule has 0 aliphatic heterocycles. The summed E-state index contributed by atoms with van der Waals surface area (Å²) >= 11 is 0. The third kappa shape index (κ3) is 24.1. The predicted octanol–water partition coefficient (Wildman–Crippen LogP) is 3.15. The van der Waals surface area contributed by atoms with Gasteiger partial charge in [0.2, 0.25) is 5.91 Å². The van der Waals surface area contributed by atoms with Gasteiger partial charge in [-0.15, -0.1) is 0 Å². The zero-order valence-corrected chi connectivity index (χ0v) is 12.6. The van der Waals surface area contributed by atoms with E-state index in [0.29, 0.717) is 0 Å². The molecule has 1 atom stereocenters. The van der Waals surface area contributed by atoms with E-state index in [1.54, 1.807) is 6.92 Å². The molecule has 1 aromatic rings. The average Bonchev–Trinajstić information content (AvgIpc) is 2.34. The largest absolute Gasteiger partial charge is 0.393 e. The molecule has 0 fully saturated rings. The molecule has 0 aromatic heterocycles. The summed E-state index contributed by atoms with van der Waals surface area (Å²) in [6.45, 7) is 11.1. The Labute approximate surface area is 112 Å². The Morgan fingerprint density at radius 1 is 1.17 bits per heavy atom. The fourth-order valence-electron chi connectivity index (χ4n) is 0.955. The number of hydrogen-bond acceptors (Lipinski definition) is 2. The first-order valence-corrected chi connectivity index (χ1v) is 6.50. The zero-order valence-electron chi connectivity index (χ0n) is 12.6. The molecule has 0 saturated carbocycles. The molecule has 0 radical (unpaired) electrons. The second kappa shape index (κ2) is 18.0. The normalized spacial score (nSPS) is 9.28. The molecule has 0 bridgehead atoms. The molecular formula is C15H29NO2. The maximum absolute atomic E-state index is 9.22. The van der Waals surface area contributed by atoms with Gasteiger partial charge in [-0.05, 0) is 18.9 Å². The molecule has 0 saturated heterocycles. The van der Waals surface area contributed by atoms with Crippen LogP contribution in [0.4, 0.5) is 0 Å². The quantitative estimate of drug-likeness (QED) is 0.852. The van der Waals surface area contributed by atoms with Crippen molar-refractivity contribution in [2.75, 3.05) is 0 Å². The van der Waals surface area contributed by atoms with Gasteiger partial charge in [0.05, 0.1) is 6.10 Å². The number of nitrogens with two attached hydrogens (primary N) is 1. The summed E-state index contributed by atoms with van der Waals surface area (Å²) in [5.41, 5.74) is 5.66. The van der Waals surface area contributed by atoms with E-state index in [0.717, 1.165) is 6.42 Å². The minimum absolute atomic E-state index is 0.234. The number of rotatable bonds is 2. The molecule has 1 amide bonds. The van der Waals surface area contributed by atoms with Crippen molar-refractivity contribution in [1.29, 1.82) is 0 Å². The van der Waals surface area contributed by atoms with E-state index < -0.39 is 0 Å². The smallest absolute Gasteiger partial charge is 0.214 e. The van der Waals surface area contributed by atoms with E-state index in [9.17, 15) is 4.79 Å². The lowest BCUT2D eigenvalue weighted by atomic mass is 10.1. The molecule has 0 aliphatic carbocycles. The minimum Gasteiger partial charge on any atom is -0.393 e. The second-order valence-corrected chi connectivity index (χ2v) is 3.15. The number of aliphatic hydroxyl groups is 1. The summed E-state index contributed by atoms with van der Waals surface area (Å²) in [6, 6.07) is 9.99. The summed E-state index contributed by atoms with van der Waals surface area (Å²) < 4.78 is 0. The number of amides is 1. The Kier molecular flexibility index (Phi) is 21.9. The van der Waals surface area contributed by atoms with E-state index in [1.165, 1.54) is 12.5 Å². The predicted molar refractivity (Wildman–Crippen MR) is 79.4 cm³/mol. The lowest BCUT2D eigenvalue weighted by molar-refractivity contribution is -0.115. The molecule has 0 aliphatic rings. The van der Waals surface area contributed by atoms with Gasteiger partial charge in [-0.3, -0.25) is 4.79 Å². The monoisotopic (exact) mass is 255 g/mol. The number of primary amides is 1. The summed E-state index contributed by atoms with van der Waals surface area (Å²) in [5.74, 6) is -0.333.